The van der Waals surface area contributed by atoms with Gasteiger partial charge in [-0.25, -0.2) is 8.78 Å². The molecule has 0 fully saturated rings. The van der Waals surface area contributed by atoms with Crippen molar-refractivity contribution in [3.63, 3.8) is 0 Å². The molecule has 6 heteroatoms. The molecule has 0 aromatic heterocycles. The number of nitrogens with one attached hydrogen (secondary N) is 1. The molecule has 1 unspecified atom stereocenters. The zero-order chi connectivity index (χ0) is 14.4. The van der Waals surface area contributed by atoms with Crippen LogP contribution in [0.4, 0.5) is 8.78 Å². The van der Waals surface area contributed by atoms with E-state index in [-0.39, 0.29) is 5.92 Å². The fourth-order valence-electron chi connectivity index (χ4n) is 1.63. The molecule has 106 valence electrons. The molecule has 2 atom stereocenters. The Morgan fingerprint density at radius 3 is 2.63 bits per heavy atom. The first-order valence-corrected chi connectivity index (χ1v) is 6.58. The van der Waals surface area contributed by atoms with Crippen molar-refractivity contribution in [3.8, 4) is 0 Å². The van der Waals surface area contributed by atoms with Crippen LogP contribution in [-0.2, 0) is 11.2 Å². The summed E-state index contributed by atoms with van der Waals surface area (Å²) in [4.78, 5) is 10.7. The summed E-state index contributed by atoms with van der Waals surface area (Å²) < 4.78 is 25.9. The lowest BCUT2D eigenvalue weighted by molar-refractivity contribution is -0.139. The van der Waals surface area contributed by atoms with Crippen molar-refractivity contribution in [2.75, 3.05) is 12.3 Å². The molecule has 0 aliphatic heterocycles. The third kappa shape index (κ3) is 5.16. The summed E-state index contributed by atoms with van der Waals surface area (Å²) in [5.74, 6) is -2.09. The lowest BCUT2D eigenvalue weighted by Crippen LogP contribution is -2.38. The largest absolute Gasteiger partial charge is 0.480 e. The Bertz CT molecular complexity index is 443. The van der Waals surface area contributed by atoms with Crippen LogP contribution in [0.2, 0.25) is 0 Å². The van der Waals surface area contributed by atoms with E-state index in [0.29, 0.717) is 24.3 Å². The Hall–Kier alpha value is -1.14. The molecular weight excluding hydrogens is 272 g/mol. The maximum Gasteiger partial charge on any atom is 0.320 e. The highest BCUT2D eigenvalue weighted by atomic mass is 32.1. The van der Waals surface area contributed by atoms with Crippen LogP contribution in [0.25, 0.3) is 0 Å². The standard InChI is InChI=1S/C13H17F2NO2S/c1-8(13(17)18)16-6-10(7-19)4-9-2-3-11(14)12(15)5-9/h2-3,5,8,10,16,19H,4,6-7H2,1H3,(H,17,18)/t8-,10?/m0/s1. The zero-order valence-corrected chi connectivity index (χ0v) is 11.5. The second kappa shape index (κ2) is 7.45. The second-order valence-electron chi connectivity index (χ2n) is 4.47. The minimum absolute atomic E-state index is 0.0509. The van der Waals surface area contributed by atoms with E-state index in [0.717, 1.165) is 12.1 Å². The smallest absolute Gasteiger partial charge is 0.320 e. The lowest BCUT2D eigenvalue weighted by atomic mass is 10.0. The molecule has 0 spiro atoms. The number of rotatable bonds is 7. The van der Waals surface area contributed by atoms with Gasteiger partial charge in [0.15, 0.2) is 11.6 Å². The Morgan fingerprint density at radius 2 is 2.11 bits per heavy atom. The van der Waals surface area contributed by atoms with Crippen LogP contribution in [-0.4, -0.2) is 29.4 Å². The van der Waals surface area contributed by atoms with Crippen LogP contribution in [0.3, 0.4) is 0 Å². The summed E-state index contributed by atoms with van der Waals surface area (Å²) in [6.45, 7) is 2.01. The number of hydrogen-bond donors (Lipinski definition) is 3. The van der Waals surface area contributed by atoms with Gasteiger partial charge in [-0.1, -0.05) is 6.07 Å². The number of aliphatic carboxylic acids is 1. The van der Waals surface area contributed by atoms with Crippen LogP contribution in [0, 0.1) is 17.6 Å². The van der Waals surface area contributed by atoms with Crippen molar-refractivity contribution in [3.05, 3.63) is 35.4 Å². The van der Waals surface area contributed by atoms with Crippen LogP contribution < -0.4 is 5.32 Å². The summed E-state index contributed by atoms with van der Waals surface area (Å²) in [5.41, 5.74) is 0.669. The first-order valence-electron chi connectivity index (χ1n) is 5.95. The number of benzene rings is 1. The summed E-state index contributed by atoms with van der Waals surface area (Å²) >= 11 is 4.19. The molecule has 2 N–H and O–H groups in total. The number of carbonyl (C=O) groups is 1. The van der Waals surface area contributed by atoms with Gasteiger partial charge in [-0.2, -0.15) is 12.6 Å². The third-order valence-electron chi connectivity index (χ3n) is 2.85. The van der Waals surface area contributed by atoms with Crippen LogP contribution in [0.1, 0.15) is 12.5 Å². The fourth-order valence-corrected chi connectivity index (χ4v) is 1.89. The van der Waals surface area contributed by atoms with E-state index in [1.807, 2.05) is 0 Å². The van der Waals surface area contributed by atoms with Gasteiger partial charge in [0, 0.05) is 0 Å². The summed E-state index contributed by atoms with van der Waals surface area (Å²) in [6, 6.07) is 3.13. The monoisotopic (exact) mass is 289 g/mol. The first kappa shape index (κ1) is 15.9. The predicted octanol–water partition coefficient (Wildman–Crippen LogP) is 2.12. The van der Waals surface area contributed by atoms with E-state index < -0.39 is 23.6 Å². The van der Waals surface area contributed by atoms with Gasteiger partial charge in [0.25, 0.3) is 0 Å². The van der Waals surface area contributed by atoms with E-state index in [4.69, 9.17) is 5.11 Å². The quantitative estimate of drug-likeness (QED) is 0.674. The summed E-state index contributed by atoms with van der Waals surface area (Å²) in [6.07, 6.45) is 0.514. The average Bonchev–Trinajstić information content (AvgIpc) is 2.38. The molecule has 19 heavy (non-hydrogen) atoms. The molecule has 0 radical (unpaired) electrons. The third-order valence-corrected chi connectivity index (χ3v) is 3.37. The molecule has 3 nitrogen and oxygen atoms in total. The Morgan fingerprint density at radius 1 is 1.42 bits per heavy atom. The minimum Gasteiger partial charge on any atom is -0.480 e. The number of carboxylic acids is 1. The van der Waals surface area contributed by atoms with Crippen molar-refractivity contribution in [1.29, 1.82) is 0 Å². The Labute approximate surface area is 116 Å². The first-order chi connectivity index (χ1) is 8.93. The highest BCUT2D eigenvalue weighted by Crippen LogP contribution is 2.14. The number of carboxylic acid groups (broad SMARTS) is 1. The molecule has 1 aromatic carbocycles. The molecule has 0 aliphatic carbocycles. The highest BCUT2D eigenvalue weighted by molar-refractivity contribution is 7.80. The predicted molar refractivity (Wildman–Crippen MR) is 72.5 cm³/mol. The maximum absolute atomic E-state index is 13.1. The van der Waals surface area contributed by atoms with Crippen molar-refractivity contribution in [1.82, 2.24) is 5.32 Å². The van der Waals surface area contributed by atoms with Gasteiger partial charge in [-0.05, 0) is 49.3 Å². The normalized spacial score (nSPS) is 14.1. The van der Waals surface area contributed by atoms with Gasteiger partial charge >= 0.3 is 5.97 Å². The van der Waals surface area contributed by atoms with Gasteiger partial charge < -0.3 is 10.4 Å². The minimum atomic E-state index is -0.925. The van der Waals surface area contributed by atoms with Crippen molar-refractivity contribution in [2.24, 2.45) is 5.92 Å². The molecule has 1 rings (SSSR count). The molecule has 0 bridgehead atoms. The molecule has 0 amide bonds. The molecule has 1 aromatic rings. The molecule has 0 heterocycles. The maximum atomic E-state index is 13.1. The Kier molecular flexibility index (Phi) is 6.24. The highest BCUT2D eigenvalue weighted by Gasteiger charge is 2.14. The van der Waals surface area contributed by atoms with E-state index in [9.17, 15) is 13.6 Å². The van der Waals surface area contributed by atoms with Gasteiger partial charge in [-0.15, -0.1) is 0 Å². The average molecular weight is 289 g/mol. The molecular formula is C13H17F2NO2S. The van der Waals surface area contributed by atoms with Crippen LogP contribution in [0.15, 0.2) is 18.2 Å². The topological polar surface area (TPSA) is 49.3 Å². The summed E-state index contributed by atoms with van der Waals surface area (Å²) in [7, 11) is 0. The number of thiol groups is 1. The second-order valence-corrected chi connectivity index (χ2v) is 4.83. The lowest BCUT2D eigenvalue weighted by Gasteiger charge is -2.17. The van der Waals surface area contributed by atoms with E-state index in [1.54, 1.807) is 6.92 Å². The Balaban J connectivity index is 2.56. The molecule has 0 saturated carbocycles. The molecule has 0 saturated heterocycles. The van der Waals surface area contributed by atoms with E-state index in [2.05, 4.69) is 17.9 Å². The van der Waals surface area contributed by atoms with Gasteiger partial charge in [0.1, 0.15) is 6.04 Å². The van der Waals surface area contributed by atoms with Crippen LogP contribution in [0.5, 0.6) is 0 Å². The van der Waals surface area contributed by atoms with Gasteiger partial charge in [0.2, 0.25) is 0 Å². The van der Waals surface area contributed by atoms with Crippen molar-refractivity contribution in [2.45, 2.75) is 19.4 Å². The van der Waals surface area contributed by atoms with Gasteiger partial charge in [-0.3, -0.25) is 4.79 Å². The van der Waals surface area contributed by atoms with Gasteiger partial charge in [0.05, 0.1) is 0 Å². The number of hydrogen-bond acceptors (Lipinski definition) is 3. The zero-order valence-electron chi connectivity index (χ0n) is 10.6. The molecule has 0 aliphatic rings. The summed E-state index contributed by atoms with van der Waals surface area (Å²) in [5, 5.41) is 11.6. The number of halogens is 2. The van der Waals surface area contributed by atoms with Crippen molar-refractivity contribution < 1.29 is 18.7 Å². The van der Waals surface area contributed by atoms with E-state index in [1.165, 1.54) is 6.07 Å². The van der Waals surface area contributed by atoms with E-state index >= 15 is 0 Å². The fraction of sp³-hybridized carbons (Fsp3) is 0.462. The van der Waals surface area contributed by atoms with Crippen molar-refractivity contribution >= 4 is 18.6 Å². The SMILES string of the molecule is C[C@H](NCC(CS)Cc1ccc(F)c(F)c1)C(=O)O. The van der Waals surface area contributed by atoms with Crippen LogP contribution >= 0.6 is 12.6 Å².